The second-order valence-electron chi connectivity index (χ2n) is 4.47. The molecule has 0 bridgehead atoms. The molecule has 0 spiro atoms. The summed E-state index contributed by atoms with van der Waals surface area (Å²) in [5.41, 5.74) is 9.00. The van der Waals surface area contributed by atoms with Crippen molar-refractivity contribution in [2.75, 3.05) is 5.73 Å². The lowest BCUT2D eigenvalue weighted by molar-refractivity contribution is 0.783. The highest BCUT2D eigenvalue weighted by Gasteiger charge is 2.19. The lowest BCUT2D eigenvalue weighted by atomic mass is 10.0. The van der Waals surface area contributed by atoms with Gasteiger partial charge in [0, 0.05) is 16.5 Å². The van der Waals surface area contributed by atoms with Gasteiger partial charge in [0.15, 0.2) is 0 Å². The van der Waals surface area contributed by atoms with E-state index >= 15 is 0 Å². The van der Waals surface area contributed by atoms with E-state index in [-0.39, 0.29) is 0 Å². The van der Waals surface area contributed by atoms with Gasteiger partial charge in [-0.3, -0.25) is 4.68 Å². The molecule has 3 nitrogen and oxygen atoms in total. The molecule has 0 amide bonds. The number of hydrogen-bond acceptors (Lipinski definition) is 3. The Morgan fingerprint density at radius 1 is 1.24 bits per heavy atom. The minimum atomic E-state index is 0.632. The third-order valence-electron chi connectivity index (χ3n) is 3.10. The molecule has 0 unspecified atom stereocenters. The number of anilines is 1. The number of nitrogens with zero attached hydrogens (tertiary/aromatic N) is 2. The molecule has 3 rings (SSSR count). The zero-order valence-electron chi connectivity index (χ0n) is 10.9. The summed E-state index contributed by atoms with van der Waals surface area (Å²) in [5.74, 6) is 0.632. The predicted octanol–water partition coefficient (Wildman–Crippen LogP) is 5.58. The van der Waals surface area contributed by atoms with Crippen LogP contribution in [-0.4, -0.2) is 9.78 Å². The van der Waals surface area contributed by atoms with E-state index in [4.69, 9.17) is 17.3 Å². The van der Waals surface area contributed by atoms with E-state index in [1.54, 1.807) is 16.0 Å². The third kappa shape index (κ3) is 2.77. The van der Waals surface area contributed by atoms with Gasteiger partial charge in [-0.15, -0.1) is 11.3 Å². The van der Waals surface area contributed by atoms with Crippen molar-refractivity contribution in [2.24, 2.45) is 7.05 Å². The van der Waals surface area contributed by atoms with Crippen molar-refractivity contribution < 1.29 is 0 Å². The zero-order valence-corrected chi connectivity index (χ0v) is 15.6. The molecule has 0 atom stereocenters. The fraction of sp³-hybridized carbons (Fsp3) is 0.0714. The molecule has 108 valence electrons. The van der Waals surface area contributed by atoms with Crippen LogP contribution in [0.25, 0.3) is 21.7 Å². The average molecular weight is 448 g/mol. The third-order valence-corrected chi connectivity index (χ3v) is 6.62. The minimum absolute atomic E-state index is 0.632. The van der Waals surface area contributed by atoms with Crippen LogP contribution in [0.4, 0.5) is 5.82 Å². The maximum absolute atomic E-state index is 6.20. The smallest absolute Gasteiger partial charge is 0.129 e. The molecule has 21 heavy (non-hydrogen) atoms. The first-order valence-electron chi connectivity index (χ1n) is 6.01. The van der Waals surface area contributed by atoms with Gasteiger partial charge >= 0.3 is 0 Å². The van der Waals surface area contributed by atoms with Gasteiger partial charge in [-0.25, -0.2) is 0 Å². The molecule has 0 fully saturated rings. The van der Waals surface area contributed by atoms with E-state index in [9.17, 15) is 0 Å². The van der Waals surface area contributed by atoms with Crippen LogP contribution in [0.2, 0.25) is 5.02 Å². The fourth-order valence-corrected chi connectivity index (χ4v) is 4.23. The quantitative estimate of drug-likeness (QED) is 0.558. The number of nitrogens with two attached hydrogens (primary N) is 1. The van der Waals surface area contributed by atoms with Crippen LogP contribution in [-0.2, 0) is 7.05 Å². The maximum Gasteiger partial charge on any atom is 0.129 e. The van der Waals surface area contributed by atoms with Crippen LogP contribution < -0.4 is 5.73 Å². The topological polar surface area (TPSA) is 43.8 Å². The first-order valence-corrected chi connectivity index (χ1v) is 8.79. The van der Waals surface area contributed by atoms with E-state index in [2.05, 4.69) is 37.0 Å². The summed E-state index contributed by atoms with van der Waals surface area (Å²) in [6.07, 6.45) is 0. The zero-order chi connectivity index (χ0) is 15.1. The van der Waals surface area contributed by atoms with Gasteiger partial charge in [-0.2, -0.15) is 5.10 Å². The number of aryl methyl sites for hydroxylation is 1. The molecule has 0 aliphatic heterocycles. The Morgan fingerprint density at radius 2 is 1.90 bits per heavy atom. The predicted molar refractivity (Wildman–Crippen MR) is 96.8 cm³/mol. The normalized spacial score (nSPS) is 11.0. The van der Waals surface area contributed by atoms with Gasteiger partial charge in [0.1, 0.15) is 11.5 Å². The number of hydrogen-bond donors (Lipinski definition) is 1. The fourth-order valence-electron chi connectivity index (χ4n) is 2.07. The van der Waals surface area contributed by atoms with Gasteiger partial charge < -0.3 is 5.73 Å². The summed E-state index contributed by atoms with van der Waals surface area (Å²) in [5, 5.41) is 5.26. The Balaban J connectivity index is 2.22. The van der Waals surface area contributed by atoms with Crippen molar-refractivity contribution in [3.63, 3.8) is 0 Å². The largest absolute Gasteiger partial charge is 0.383 e. The lowest BCUT2D eigenvalue weighted by Crippen LogP contribution is -1.97. The van der Waals surface area contributed by atoms with E-state index in [1.807, 2.05) is 37.4 Å². The highest BCUT2D eigenvalue weighted by molar-refractivity contribution is 9.13. The van der Waals surface area contributed by atoms with Gasteiger partial charge in [0.25, 0.3) is 0 Å². The SMILES string of the molecule is Cn1nc(-c2cc(Br)c(Br)s2)c(-c2ccc(Cl)cc2)c1N. The summed E-state index contributed by atoms with van der Waals surface area (Å²) in [4.78, 5) is 1.05. The number of thiophene rings is 1. The summed E-state index contributed by atoms with van der Waals surface area (Å²) in [7, 11) is 1.84. The summed E-state index contributed by atoms with van der Waals surface area (Å²) in [6.45, 7) is 0. The van der Waals surface area contributed by atoms with Crippen LogP contribution in [0.1, 0.15) is 0 Å². The van der Waals surface area contributed by atoms with E-state index in [1.165, 1.54) is 0 Å². The standard InChI is InChI=1S/C14H10Br2ClN3S/c1-20-14(18)11(7-2-4-8(17)5-3-7)12(19-20)10-6-9(15)13(16)21-10/h2-6H,18H2,1H3. The molecule has 0 aliphatic rings. The molecule has 3 aromatic rings. The first kappa shape index (κ1) is 15.1. The molecule has 0 radical (unpaired) electrons. The van der Waals surface area contributed by atoms with Crippen molar-refractivity contribution in [1.82, 2.24) is 9.78 Å². The van der Waals surface area contributed by atoms with Gasteiger partial charge in [0.2, 0.25) is 0 Å². The number of nitrogen functional groups attached to an aromatic ring is 1. The van der Waals surface area contributed by atoms with Crippen molar-refractivity contribution >= 4 is 60.6 Å². The number of halogens is 3. The van der Waals surface area contributed by atoms with Crippen molar-refractivity contribution in [3.8, 4) is 21.7 Å². The second kappa shape index (κ2) is 5.76. The molecule has 0 saturated heterocycles. The van der Waals surface area contributed by atoms with Crippen LogP contribution in [0, 0.1) is 0 Å². The highest BCUT2D eigenvalue weighted by atomic mass is 79.9. The van der Waals surface area contributed by atoms with Crippen LogP contribution in [0.3, 0.4) is 0 Å². The van der Waals surface area contributed by atoms with Gasteiger partial charge in [-0.1, -0.05) is 23.7 Å². The molecular formula is C14H10Br2ClN3S. The Morgan fingerprint density at radius 3 is 2.48 bits per heavy atom. The van der Waals surface area contributed by atoms with Crippen molar-refractivity contribution in [2.45, 2.75) is 0 Å². The number of rotatable bonds is 2. The van der Waals surface area contributed by atoms with Crippen LogP contribution in [0.15, 0.2) is 38.6 Å². The van der Waals surface area contributed by atoms with E-state index in [0.717, 1.165) is 30.0 Å². The summed E-state index contributed by atoms with van der Waals surface area (Å²) >= 11 is 14.6. The first-order chi connectivity index (χ1) is 9.97. The summed E-state index contributed by atoms with van der Waals surface area (Å²) < 4.78 is 3.73. The molecule has 2 aromatic heterocycles. The second-order valence-corrected chi connectivity index (χ2v) is 8.13. The molecule has 2 N–H and O–H groups in total. The Bertz CT molecular complexity index is 789. The molecule has 1 aromatic carbocycles. The molecule has 7 heteroatoms. The number of aromatic nitrogens is 2. The average Bonchev–Trinajstić information content (AvgIpc) is 2.93. The minimum Gasteiger partial charge on any atom is -0.383 e. The molecule has 0 saturated carbocycles. The van der Waals surface area contributed by atoms with Crippen molar-refractivity contribution in [3.05, 3.63) is 43.6 Å². The van der Waals surface area contributed by atoms with Gasteiger partial charge in [-0.05, 0) is 55.6 Å². The Hall–Kier alpha value is -0.820. The maximum atomic E-state index is 6.20. The monoisotopic (exact) mass is 445 g/mol. The van der Waals surface area contributed by atoms with E-state index in [0.29, 0.717) is 10.8 Å². The number of benzene rings is 1. The van der Waals surface area contributed by atoms with Crippen molar-refractivity contribution in [1.29, 1.82) is 0 Å². The molecular weight excluding hydrogens is 438 g/mol. The molecule has 0 aliphatic carbocycles. The summed E-state index contributed by atoms with van der Waals surface area (Å²) in [6, 6.07) is 9.66. The van der Waals surface area contributed by atoms with Crippen LogP contribution in [0.5, 0.6) is 0 Å². The van der Waals surface area contributed by atoms with E-state index < -0.39 is 0 Å². The Kier molecular flexibility index (Phi) is 4.14. The lowest BCUT2D eigenvalue weighted by Gasteiger charge is -2.03. The molecule has 2 heterocycles. The van der Waals surface area contributed by atoms with Crippen LogP contribution >= 0.6 is 54.8 Å². The van der Waals surface area contributed by atoms with Gasteiger partial charge in [0.05, 0.1) is 14.2 Å². The Labute approximate surface area is 148 Å². The highest BCUT2D eigenvalue weighted by Crippen LogP contribution is 2.43.